The molecule has 5 rings (SSSR count). The van der Waals surface area contributed by atoms with Crippen LogP contribution in [0, 0.1) is 5.82 Å². The first kappa shape index (κ1) is 23.3. The van der Waals surface area contributed by atoms with Crippen molar-refractivity contribution in [3.8, 4) is 17.0 Å². The van der Waals surface area contributed by atoms with E-state index in [1.54, 1.807) is 18.2 Å². The quantitative estimate of drug-likeness (QED) is 0.503. The van der Waals surface area contributed by atoms with Gasteiger partial charge in [-0.25, -0.2) is 9.07 Å². The van der Waals surface area contributed by atoms with Crippen LogP contribution in [0.3, 0.4) is 0 Å². The summed E-state index contributed by atoms with van der Waals surface area (Å²) in [7, 11) is 0. The highest BCUT2D eigenvalue weighted by molar-refractivity contribution is 7.98. The van der Waals surface area contributed by atoms with Crippen LogP contribution in [0.4, 0.5) is 17.6 Å². The number of nitrogens with zero attached hydrogens (tertiary/aromatic N) is 2. The van der Waals surface area contributed by atoms with Crippen LogP contribution in [0.1, 0.15) is 34.1 Å². The van der Waals surface area contributed by atoms with Crippen molar-refractivity contribution in [2.75, 3.05) is 12.1 Å². The van der Waals surface area contributed by atoms with Gasteiger partial charge in [-0.3, -0.25) is 9.59 Å². The summed E-state index contributed by atoms with van der Waals surface area (Å²) in [4.78, 5) is 26.7. The van der Waals surface area contributed by atoms with Gasteiger partial charge in [-0.05, 0) is 36.1 Å². The van der Waals surface area contributed by atoms with Crippen LogP contribution < -0.4 is 10.9 Å². The SMILES string of the molecule is C[C@@H](N1CNn2c(-c3cccc4c3Cc3cccc(F)c3SC4)cc(=O)c(O)c2C1=O)C(F)(F)F. The number of carbonyl (C=O) groups excluding carboxylic acids is 1. The Hall–Kier alpha value is -3.47. The predicted molar refractivity (Wildman–Crippen MR) is 122 cm³/mol. The van der Waals surface area contributed by atoms with Crippen molar-refractivity contribution in [3.63, 3.8) is 0 Å². The average Bonchev–Trinajstić information content (AvgIpc) is 3.00. The van der Waals surface area contributed by atoms with Crippen molar-refractivity contribution in [1.29, 1.82) is 0 Å². The number of benzene rings is 2. The zero-order valence-corrected chi connectivity index (χ0v) is 19.1. The van der Waals surface area contributed by atoms with Crippen LogP contribution in [-0.2, 0) is 12.2 Å². The summed E-state index contributed by atoms with van der Waals surface area (Å²) in [6.07, 6.45) is -4.34. The second-order valence-electron chi connectivity index (χ2n) is 8.37. The number of alkyl halides is 3. The highest BCUT2D eigenvalue weighted by Gasteiger charge is 2.45. The van der Waals surface area contributed by atoms with E-state index in [9.17, 15) is 32.3 Å². The molecule has 3 heterocycles. The summed E-state index contributed by atoms with van der Waals surface area (Å²) >= 11 is 1.36. The number of nitrogens with one attached hydrogen (secondary N) is 1. The minimum atomic E-state index is -4.69. The average molecular weight is 505 g/mol. The van der Waals surface area contributed by atoms with Crippen molar-refractivity contribution >= 4 is 17.7 Å². The van der Waals surface area contributed by atoms with Gasteiger partial charge in [-0.2, -0.15) is 13.2 Å². The fourth-order valence-electron chi connectivity index (χ4n) is 4.42. The highest BCUT2D eigenvalue weighted by Crippen LogP contribution is 2.39. The summed E-state index contributed by atoms with van der Waals surface area (Å²) in [6.45, 7) is 0.348. The van der Waals surface area contributed by atoms with Crippen LogP contribution in [0.25, 0.3) is 11.3 Å². The first-order valence-corrected chi connectivity index (χ1v) is 11.7. The standard InChI is InChI=1S/C24H19F4N3O3S/c1-12(24(26,27)28)30-11-29-31-18(9-19(32)21(33)20(31)23(30)34)15-6-2-5-14-10-35-22-13(8-16(14)15)4-3-7-17(22)25/h2-7,9,12,29,33H,8,10-11H2,1H3/t12-/m1/s1. The van der Waals surface area contributed by atoms with Gasteiger partial charge in [0.25, 0.3) is 5.91 Å². The molecule has 2 aliphatic rings. The number of aromatic nitrogens is 1. The fourth-order valence-corrected chi connectivity index (χ4v) is 5.52. The van der Waals surface area contributed by atoms with Crippen molar-refractivity contribution < 1.29 is 27.5 Å². The lowest BCUT2D eigenvalue weighted by atomic mass is 9.93. The molecule has 0 aliphatic carbocycles. The van der Waals surface area contributed by atoms with E-state index in [-0.39, 0.29) is 11.5 Å². The maximum absolute atomic E-state index is 14.4. The molecule has 0 unspecified atom stereocenters. The Bertz CT molecular complexity index is 1420. The van der Waals surface area contributed by atoms with Gasteiger partial charge in [0.2, 0.25) is 5.43 Å². The van der Waals surface area contributed by atoms with Gasteiger partial charge >= 0.3 is 6.18 Å². The van der Waals surface area contributed by atoms with Gasteiger partial charge in [-0.1, -0.05) is 30.3 Å². The first-order chi connectivity index (χ1) is 16.6. The molecule has 6 nitrogen and oxygen atoms in total. The topological polar surface area (TPSA) is 74.6 Å². The number of pyridine rings is 1. The Balaban J connectivity index is 1.67. The molecule has 3 aromatic rings. The molecule has 2 aromatic carbocycles. The maximum atomic E-state index is 14.4. The van der Waals surface area contributed by atoms with Gasteiger partial charge in [0.05, 0.1) is 5.69 Å². The number of amides is 1. The van der Waals surface area contributed by atoms with E-state index >= 15 is 0 Å². The van der Waals surface area contributed by atoms with E-state index in [1.807, 2.05) is 12.1 Å². The first-order valence-electron chi connectivity index (χ1n) is 10.7. The molecule has 0 spiro atoms. The zero-order valence-electron chi connectivity index (χ0n) is 18.3. The van der Waals surface area contributed by atoms with Gasteiger partial charge in [0.1, 0.15) is 18.5 Å². The number of halogens is 4. The normalized spacial score (nSPS) is 16.0. The minimum Gasteiger partial charge on any atom is -0.502 e. The van der Waals surface area contributed by atoms with Crippen molar-refractivity contribution in [3.05, 3.63) is 80.9 Å². The molecule has 2 aliphatic heterocycles. The van der Waals surface area contributed by atoms with Gasteiger partial charge in [0, 0.05) is 22.3 Å². The lowest BCUT2D eigenvalue weighted by molar-refractivity contribution is -0.172. The van der Waals surface area contributed by atoms with Crippen molar-refractivity contribution in [1.82, 2.24) is 9.58 Å². The lowest BCUT2D eigenvalue weighted by Gasteiger charge is -2.37. The number of fused-ring (bicyclic) bond motifs is 3. The fraction of sp³-hybridized carbons (Fsp3) is 0.250. The van der Waals surface area contributed by atoms with Crippen LogP contribution >= 0.6 is 11.8 Å². The van der Waals surface area contributed by atoms with Crippen LogP contribution in [-0.4, -0.2) is 39.5 Å². The molecule has 11 heteroatoms. The summed E-state index contributed by atoms with van der Waals surface area (Å²) < 4.78 is 55.5. The number of hydrogen-bond acceptors (Lipinski definition) is 5. The Morgan fingerprint density at radius 3 is 2.57 bits per heavy atom. The molecule has 1 amide bonds. The van der Waals surface area contributed by atoms with E-state index in [0.717, 1.165) is 29.7 Å². The summed E-state index contributed by atoms with van der Waals surface area (Å²) in [6, 6.07) is 9.20. The third-order valence-corrected chi connectivity index (χ3v) is 7.53. The molecule has 0 bridgehead atoms. The summed E-state index contributed by atoms with van der Waals surface area (Å²) in [5, 5.41) is 10.4. The highest BCUT2D eigenvalue weighted by atomic mass is 32.2. The van der Waals surface area contributed by atoms with Gasteiger partial charge < -0.3 is 15.4 Å². The molecule has 1 atom stereocenters. The molecule has 0 radical (unpaired) electrons. The number of carbonyl (C=O) groups is 1. The van der Waals surface area contributed by atoms with Crippen LogP contribution in [0.15, 0.2) is 52.2 Å². The zero-order chi connectivity index (χ0) is 25.1. The number of hydrogen-bond donors (Lipinski definition) is 2. The molecular weight excluding hydrogens is 486 g/mol. The Labute approximate surface area is 201 Å². The largest absolute Gasteiger partial charge is 0.502 e. The van der Waals surface area contributed by atoms with E-state index in [2.05, 4.69) is 5.43 Å². The third kappa shape index (κ3) is 3.83. The molecule has 2 N–H and O–H groups in total. The molecule has 0 saturated carbocycles. The van der Waals surface area contributed by atoms with Gasteiger partial charge in [-0.15, -0.1) is 11.8 Å². The van der Waals surface area contributed by atoms with Crippen molar-refractivity contribution in [2.45, 2.75) is 36.2 Å². The number of thioether (sulfide) groups is 1. The molecule has 35 heavy (non-hydrogen) atoms. The third-order valence-electron chi connectivity index (χ3n) is 6.33. The number of aromatic hydroxyl groups is 1. The van der Waals surface area contributed by atoms with E-state index < -0.39 is 41.7 Å². The molecule has 0 saturated heterocycles. The predicted octanol–water partition coefficient (Wildman–Crippen LogP) is 4.46. The van der Waals surface area contributed by atoms with E-state index in [4.69, 9.17) is 0 Å². The summed E-state index contributed by atoms with van der Waals surface area (Å²) in [5.41, 5.74) is 4.50. The second kappa shape index (κ2) is 8.33. The Morgan fingerprint density at radius 1 is 1.11 bits per heavy atom. The van der Waals surface area contributed by atoms with E-state index in [1.165, 1.54) is 22.5 Å². The van der Waals surface area contributed by atoms with Crippen molar-refractivity contribution in [2.24, 2.45) is 0 Å². The maximum Gasteiger partial charge on any atom is 0.408 e. The lowest BCUT2D eigenvalue weighted by Crippen LogP contribution is -2.54. The van der Waals surface area contributed by atoms with Crippen LogP contribution in [0.5, 0.6) is 5.75 Å². The molecule has 182 valence electrons. The summed E-state index contributed by atoms with van der Waals surface area (Å²) in [5.74, 6) is -1.91. The number of rotatable bonds is 2. The van der Waals surface area contributed by atoms with E-state index in [0.29, 0.717) is 27.5 Å². The smallest absolute Gasteiger partial charge is 0.408 e. The monoisotopic (exact) mass is 505 g/mol. The molecule has 0 fully saturated rings. The minimum absolute atomic E-state index is 0.220. The Morgan fingerprint density at radius 2 is 1.83 bits per heavy atom. The molecule has 1 aromatic heterocycles. The van der Waals surface area contributed by atoms with Crippen LogP contribution in [0.2, 0.25) is 0 Å². The van der Waals surface area contributed by atoms with Gasteiger partial charge in [0.15, 0.2) is 11.4 Å². The molecular formula is C24H19F4N3O3S. The second-order valence-corrected chi connectivity index (χ2v) is 9.36. The Kier molecular flexibility index (Phi) is 5.54.